The first kappa shape index (κ1) is 34.8. The zero-order chi connectivity index (χ0) is 35.1. The maximum atomic E-state index is 2.38. The highest BCUT2D eigenvalue weighted by atomic mass is 15.1. The van der Waals surface area contributed by atoms with Gasteiger partial charge in [0.2, 0.25) is 0 Å². The average molecular weight is 657 g/mol. The minimum absolute atomic E-state index is 0.112. The van der Waals surface area contributed by atoms with E-state index in [9.17, 15) is 0 Å². The van der Waals surface area contributed by atoms with E-state index in [0.717, 1.165) is 34.1 Å². The molecule has 254 valence electrons. The van der Waals surface area contributed by atoms with Gasteiger partial charge in [0.15, 0.2) is 0 Å². The van der Waals surface area contributed by atoms with Gasteiger partial charge in [-0.25, -0.2) is 0 Å². The van der Waals surface area contributed by atoms with Gasteiger partial charge >= 0.3 is 0 Å². The van der Waals surface area contributed by atoms with E-state index in [0.29, 0.717) is 0 Å². The molecule has 0 saturated heterocycles. The van der Waals surface area contributed by atoms with Gasteiger partial charge in [0, 0.05) is 34.1 Å². The number of hydrogen-bond acceptors (Lipinski definition) is 2. The van der Waals surface area contributed by atoms with Crippen LogP contribution in [0.5, 0.6) is 0 Å². The molecular formula is C48H52N2. The fourth-order valence-electron chi connectivity index (χ4n) is 6.79. The molecule has 0 unspecified atom stereocenters. The maximum Gasteiger partial charge on any atom is 0.0462 e. The van der Waals surface area contributed by atoms with Crippen molar-refractivity contribution in [3.05, 3.63) is 169 Å². The fraction of sp³-hybridized carbons (Fsp3) is 0.250. The standard InChI is InChI=1S/C48H52N2/c1-7-8-15-36-48(5,6)40-26-34-46(35-27-40)50(42-18-13-10-14-19-42)44-30-22-38(23-31-44)37-20-28-43(29-21-37)49(41-16-11-9-12-17-41)45-32-24-39(25-33-45)47(2,3)4/h9-14,16-35H,7-8,15,36H2,1-6H3. The maximum absolute atomic E-state index is 2.38. The molecule has 0 aromatic heterocycles. The Labute approximate surface area is 301 Å². The molecule has 2 nitrogen and oxygen atoms in total. The summed E-state index contributed by atoms with van der Waals surface area (Å²) in [6.45, 7) is 13.8. The number of hydrogen-bond donors (Lipinski definition) is 0. The largest absolute Gasteiger partial charge is 0.311 e. The molecule has 0 aliphatic carbocycles. The molecule has 0 aliphatic rings. The first-order valence-electron chi connectivity index (χ1n) is 18.3. The highest BCUT2D eigenvalue weighted by Gasteiger charge is 2.21. The van der Waals surface area contributed by atoms with Crippen molar-refractivity contribution in [1.82, 2.24) is 0 Å². The van der Waals surface area contributed by atoms with Crippen LogP contribution in [0.25, 0.3) is 11.1 Å². The minimum Gasteiger partial charge on any atom is -0.311 e. The van der Waals surface area contributed by atoms with Crippen molar-refractivity contribution in [3.63, 3.8) is 0 Å². The predicted molar refractivity (Wildman–Crippen MR) is 217 cm³/mol. The Kier molecular flexibility index (Phi) is 10.6. The lowest BCUT2D eigenvalue weighted by molar-refractivity contribution is 0.450. The number of rotatable bonds is 12. The quantitative estimate of drug-likeness (QED) is 0.121. The molecule has 0 atom stereocenters. The Balaban J connectivity index is 1.27. The second kappa shape index (κ2) is 15.2. The molecule has 50 heavy (non-hydrogen) atoms. The van der Waals surface area contributed by atoms with Crippen LogP contribution in [-0.4, -0.2) is 0 Å². The third-order valence-electron chi connectivity index (χ3n) is 9.92. The Morgan fingerprint density at radius 3 is 1.08 bits per heavy atom. The third-order valence-corrected chi connectivity index (χ3v) is 9.92. The second-order valence-corrected chi connectivity index (χ2v) is 15.1. The Morgan fingerprint density at radius 2 is 0.720 bits per heavy atom. The average Bonchev–Trinajstić information content (AvgIpc) is 3.14. The molecule has 2 heteroatoms. The number of para-hydroxylation sites is 2. The van der Waals surface area contributed by atoms with Gasteiger partial charge in [0.05, 0.1) is 0 Å². The molecule has 6 aromatic rings. The summed E-state index contributed by atoms with van der Waals surface area (Å²) < 4.78 is 0. The topological polar surface area (TPSA) is 6.48 Å². The van der Waals surface area contributed by atoms with E-state index in [2.05, 4.69) is 209 Å². The van der Waals surface area contributed by atoms with E-state index in [4.69, 9.17) is 0 Å². The van der Waals surface area contributed by atoms with Crippen LogP contribution in [0.3, 0.4) is 0 Å². The molecule has 0 fully saturated rings. The van der Waals surface area contributed by atoms with Crippen molar-refractivity contribution in [1.29, 1.82) is 0 Å². The molecule has 6 rings (SSSR count). The minimum atomic E-state index is 0.112. The zero-order valence-electron chi connectivity index (χ0n) is 30.7. The first-order valence-corrected chi connectivity index (χ1v) is 18.3. The molecule has 0 heterocycles. The lowest BCUT2D eigenvalue weighted by atomic mass is 9.80. The van der Waals surface area contributed by atoms with E-state index < -0.39 is 0 Å². The normalized spacial score (nSPS) is 11.7. The van der Waals surface area contributed by atoms with Crippen molar-refractivity contribution in [2.45, 2.75) is 78.1 Å². The van der Waals surface area contributed by atoms with Gasteiger partial charge in [0.25, 0.3) is 0 Å². The SMILES string of the molecule is CCCCCC(C)(C)c1ccc(N(c2ccccc2)c2ccc(-c3ccc(N(c4ccccc4)c4ccc(C(C)(C)C)cc4)cc3)cc2)cc1. The van der Waals surface area contributed by atoms with Crippen LogP contribution in [0.15, 0.2) is 158 Å². The monoisotopic (exact) mass is 656 g/mol. The molecular weight excluding hydrogens is 605 g/mol. The van der Waals surface area contributed by atoms with Gasteiger partial charge in [-0.1, -0.05) is 146 Å². The lowest BCUT2D eigenvalue weighted by Crippen LogP contribution is -2.17. The van der Waals surface area contributed by atoms with E-state index in [-0.39, 0.29) is 10.8 Å². The summed E-state index contributed by atoms with van der Waals surface area (Å²) in [5, 5.41) is 0. The highest BCUT2D eigenvalue weighted by molar-refractivity contribution is 5.80. The fourth-order valence-corrected chi connectivity index (χ4v) is 6.79. The molecule has 0 aliphatic heterocycles. The lowest BCUT2D eigenvalue weighted by Gasteiger charge is -2.28. The van der Waals surface area contributed by atoms with Gasteiger partial charge in [-0.2, -0.15) is 0 Å². The smallest absolute Gasteiger partial charge is 0.0462 e. The summed E-state index contributed by atoms with van der Waals surface area (Å²) in [7, 11) is 0. The van der Waals surface area contributed by atoms with Crippen molar-refractivity contribution in [2.75, 3.05) is 9.80 Å². The van der Waals surface area contributed by atoms with Crippen molar-refractivity contribution in [2.24, 2.45) is 0 Å². The van der Waals surface area contributed by atoms with E-state index in [1.807, 2.05) is 0 Å². The molecule has 0 spiro atoms. The van der Waals surface area contributed by atoms with Crippen molar-refractivity contribution < 1.29 is 0 Å². The molecule has 0 radical (unpaired) electrons. The highest BCUT2D eigenvalue weighted by Crippen LogP contribution is 2.39. The van der Waals surface area contributed by atoms with Crippen LogP contribution in [0.4, 0.5) is 34.1 Å². The number of anilines is 6. The van der Waals surface area contributed by atoms with Crippen LogP contribution in [-0.2, 0) is 10.8 Å². The second-order valence-electron chi connectivity index (χ2n) is 15.1. The molecule has 0 bridgehead atoms. The van der Waals surface area contributed by atoms with Crippen molar-refractivity contribution in [3.8, 4) is 11.1 Å². The van der Waals surface area contributed by atoms with Crippen LogP contribution in [0.1, 0.15) is 78.4 Å². The van der Waals surface area contributed by atoms with Gasteiger partial charge < -0.3 is 9.80 Å². The zero-order valence-corrected chi connectivity index (χ0v) is 30.7. The van der Waals surface area contributed by atoms with Crippen molar-refractivity contribution >= 4 is 34.1 Å². The number of nitrogens with zero attached hydrogens (tertiary/aromatic N) is 2. The number of benzene rings is 6. The van der Waals surface area contributed by atoms with E-state index in [1.165, 1.54) is 47.9 Å². The van der Waals surface area contributed by atoms with E-state index in [1.54, 1.807) is 0 Å². The third kappa shape index (κ3) is 8.03. The van der Waals surface area contributed by atoms with Gasteiger partial charge in [-0.3, -0.25) is 0 Å². The molecule has 0 N–H and O–H groups in total. The van der Waals surface area contributed by atoms with Gasteiger partial charge in [-0.15, -0.1) is 0 Å². The summed E-state index contributed by atoms with van der Waals surface area (Å²) in [6.07, 6.45) is 5.03. The summed E-state index contributed by atoms with van der Waals surface area (Å²) in [4.78, 5) is 4.68. The van der Waals surface area contributed by atoms with E-state index >= 15 is 0 Å². The number of unbranched alkanes of at least 4 members (excludes halogenated alkanes) is 2. The van der Waals surface area contributed by atoms with Crippen LogP contribution < -0.4 is 9.80 Å². The summed E-state index contributed by atoms with van der Waals surface area (Å²) in [6, 6.07) is 57.4. The molecule has 0 amide bonds. The van der Waals surface area contributed by atoms with Crippen LogP contribution >= 0.6 is 0 Å². The predicted octanol–water partition coefficient (Wildman–Crippen LogP) is 14.4. The summed E-state index contributed by atoms with van der Waals surface area (Å²) in [5.74, 6) is 0. The van der Waals surface area contributed by atoms with Gasteiger partial charge in [-0.05, 0) is 112 Å². The van der Waals surface area contributed by atoms with Crippen LogP contribution in [0, 0.1) is 0 Å². The molecule has 0 saturated carbocycles. The van der Waals surface area contributed by atoms with Crippen LogP contribution in [0.2, 0.25) is 0 Å². The first-order chi connectivity index (χ1) is 24.1. The summed E-state index contributed by atoms with van der Waals surface area (Å²) >= 11 is 0. The Bertz CT molecular complexity index is 1920. The Hall–Kier alpha value is -5.08. The van der Waals surface area contributed by atoms with Gasteiger partial charge in [0.1, 0.15) is 0 Å². The Morgan fingerprint density at radius 1 is 0.380 bits per heavy atom. The summed E-state index contributed by atoms with van der Waals surface area (Å²) in [5.41, 5.74) is 12.3. The molecule has 6 aromatic carbocycles.